The molecule has 0 N–H and O–H groups in total. The van der Waals surface area contributed by atoms with Crippen molar-refractivity contribution >= 4 is 0 Å². The number of fused-ring (bicyclic) bond motifs is 1. The van der Waals surface area contributed by atoms with Gasteiger partial charge in [-0.25, -0.2) is 0 Å². The molecule has 0 saturated heterocycles. The lowest BCUT2D eigenvalue weighted by Gasteiger charge is -2.36. The largest absolute Gasteiger partial charge is 0.0628 e. The fraction of sp³-hybridized carbons (Fsp3) is 1.00. The van der Waals surface area contributed by atoms with Gasteiger partial charge in [-0.15, -0.1) is 0 Å². The molecule has 2 aliphatic rings. The number of rotatable bonds is 6. The molecule has 5 unspecified atom stereocenters. The Morgan fingerprint density at radius 2 is 1.62 bits per heavy atom. The zero-order valence-corrected chi connectivity index (χ0v) is 15.2. The maximum atomic E-state index is 2.57. The van der Waals surface area contributed by atoms with E-state index in [0.29, 0.717) is 0 Å². The standard InChI is InChI=1S/C21H40/c1-16(2)15-17(3)9-7-13-20-18(4)10-5-6-11-19-12-8-14-21(19)20/h16-21H,5-15H2,1-4H3. The van der Waals surface area contributed by atoms with Gasteiger partial charge in [-0.1, -0.05) is 79.1 Å². The lowest BCUT2D eigenvalue weighted by molar-refractivity contribution is 0.141. The highest BCUT2D eigenvalue weighted by atomic mass is 14.4. The first-order valence-electron chi connectivity index (χ1n) is 10.1. The van der Waals surface area contributed by atoms with E-state index in [2.05, 4.69) is 27.7 Å². The monoisotopic (exact) mass is 292 g/mol. The van der Waals surface area contributed by atoms with Gasteiger partial charge in [0.05, 0.1) is 0 Å². The van der Waals surface area contributed by atoms with E-state index >= 15 is 0 Å². The third-order valence-electron chi connectivity index (χ3n) is 6.59. The first kappa shape index (κ1) is 17.4. The van der Waals surface area contributed by atoms with Crippen molar-refractivity contribution in [1.29, 1.82) is 0 Å². The smallest absolute Gasteiger partial charge is 0.0355 e. The average Bonchev–Trinajstić information content (AvgIpc) is 2.84. The SMILES string of the molecule is CC(C)CC(C)CCCC1C(C)CCCCC2CCCC21. The normalized spacial score (nSPS) is 35.3. The van der Waals surface area contributed by atoms with Gasteiger partial charge in [-0.2, -0.15) is 0 Å². The highest BCUT2D eigenvalue weighted by Crippen LogP contribution is 2.47. The summed E-state index contributed by atoms with van der Waals surface area (Å²) in [5.41, 5.74) is 0. The van der Waals surface area contributed by atoms with E-state index in [0.717, 1.165) is 35.5 Å². The van der Waals surface area contributed by atoms with E-state index in [1.807, 2.05) is 0 Å². The second kappa shape index (κ2) is 8.59. The fourth-order valence-electron chi connectivity index (χ4n) is 5.62. The summed E-state index contributed by atoms with van der Waals surface area (Å²) in [6.45, 7) is 9.79. The van der Waals surface area contributed by atoms with E-state index in [4.69, 9.17) is 0 Å². The molecule has 0 amide bonds. The Morgan fingerprint density at radius 1 is 0.905 bits per heavy atom. The van der Waals surface area contributed by atoms with Crippen LogP contribution in [-0.4, -0.2) is 0 Å². The first-order chi connectivity index (χ1) is 10.1. The molecule has 0 bridgehead atoms. The molecule has 0 aliphatic heterocycles. The lowest BCUT2D eigenvalue weighted by atomic mass is 9.70. The summed E-state index contributed by atoms with van der Waals surface area (Å²) in [7, 11) is 0. The van der Waals surface area contributed by atoms with Crippen LogP contribution in [0.15, 0.2) is 0 Å². The second-order valence-corrected chi connectivity index (χ2v) is 8.95. The molecule has 21 heavy (non-hydrogen) atoms. The van der Waals surface area contributed by atoms with Crippen molar-refractivity contribution in [3.05, 3.63) is 0 Å². The first-order valence-corrected chi connectivity index (χ1v) is 10.1. The van der Waals surface area contributed by atoms with Crippen molar-refractivity contribution in [2.45, 2.75) is 98.3 Å². The molecule has 2 rings (SSSR count). The second-order valence-electron chi connectivity index (χ2n) is 8.95. The predicted molar refractivity (Wildman–Crippen MR) is 94.4 cm³/mol. The summed E-state index contributed by atoms with van der Waals surface area (Å²) in [4.78, 5) is 0. The molecule has 0 nitrogen and oxygen atoms in total. The zero-order valence-electron chi connectivity index (χ0n) is 15.2. The van der Waals surface area contributed by atoms with Crippen LogP contribution in [0.2, 0.25) is 0 Å². The van der Waals surface area contributed by atoms with Crippen LogP contribution < -0.4 is 0 Å². The van der Waals surface area contributed by atoms with Crippen LogP contribution in [0.1, 0.15) is 98.3 Å². The fourth-order valence-corrected chi connectivity index (χ4v) is 5.62. The van der Waals surface area contributed by atoms with Gasteiger partial charge in [0.2, 0.25) is 0 Å². The van der Waals surface area contributed by atoms with Crippen molar-refractivity contribution in [3.8, 4) is 0 Å². The van der Waals surface area contributed by atoms with Crippen molar-refractivity contribution in [2.24, 2.45) is 35.5 Å². The van der Waals surface area contributed by atoms with Crippen molar-refractivity contribution in [3.63, 3.8) is 0 Å². The highest BCUT2D eigenvalue weighted by molar-refractivity contribution is 4.87. The molecule has 0 aromatic carbocycles. The van der Waals surface area contributed by atoms with Gasteiger partial charge in [-0.3, -0.25) is 0 Å². The van der Waals surface area contributed by atoms with E-state index in [-0.39, 0.29) is 0 Å². The minimum absolute atomic E-state index is 0.875. The van der Waals surface area contributed by atoms with Crippen LogP contribution in [0.4, 0.5) is 0 Å². The van der Waals surface area contributed by atoms with E-state index in [9.17, 15) is 0 Å². The van der Waals surface area contributed by atoms with Gasteiger partial charge < -0.3 is 0 Å². The Kier molecular flexibility index (Phi) is 7.10. The predicted octanol–water partition coefficient (Wildman–Crippen LogP) is 7.08. The summed E-state index contributed by atoms with van der Waals surface area (Å²) in [6, 6.07) is 0. The number of hydrogen-bond acceptors (Lipinski definition) is 0. The molecule has 0 heteroatoms. The van der Waals surface area contributed by atoms with E-state index in [1.165, 1.54) is 51.4 Å². The van der Waals surface area contributed by atoms with Crippen molar-refractivity contribution < 1.29 is 0 Å². The summed E-state index contributed by atoms with van der Waals surface area (Å²) in [6.07, 6.45) is 16.6. The molecule has 0 aromatic rings. The average molecular weight is 293 g/mol. The van der Waals surface area contributed by atoms with Gasteiger partial charge in [0.1, 0.15) is 0 Å². The van der Waals surface area contributed by atoms with Crippen LogP contribution >= 0.6 is 0 Å². The van der Waals surface area contributed by atoms with Gasteiger partial charge in [0.25, 0.3) is 0 Å². The molecule has 2 aliphatic carbocycles. The van der Waals surface area contributed by atoms with Gasteiger partial charge in [0, 0.05) is 0 Å². The Bertz CT molecular complexity index is 280. The Labute approximate surface area is 134 Å². The van der Waals surface area contributed by atoms with Gasteiger partial charge in [-0.05, 0) is 54.8 Å². The molecule has 2 fully saturated rings. The van der Waals surface area contributed by atoms with Crippen LogP contribution in [0.25, 0.3) is 0 Å². The summed E-state index contributed by atoms with van der Waals surface area (Å²) in [5.74, 6) is 6.07. The topological polar surface area (TPSA) is 0 Å². The van der Waals surface area contributed by atoms with Gasteiger partial charge in [0.15, 0.2) is 0 Å². The molecule has 0 heterocycles. The third kappa shape index (κ3) is 5.29. The van der Waals surface area contributed by atoms with Crippen LogP contribution in [-0.2, 0) is 0 Å². The van der Waals surface area contributed by atoms with Crippen molar-refractivity contribution in [2.75, 3.05) is 0 Å². The Balaban J connectivity index is 1.82. The van der Waals surface area contributed by atoms with Crippen LogP contribution in [0, 0.1) is 35.5 Å². The summed E-state index contributed by atoms with van der Waals surface area (Å²) >= 11 is 0. The quantitative estimate of drug-likeness (QED) is 0.490. The maximum Gasteiger partial charge on any atom is -0.0355 e. The molecule has 0 radical (unpaired) electrons. The highest BCUT2D eigenvalue weighted by Gasteiger charge is 2.36. The minimum Gasteiger partial charge on any atom is -0.0628 e. The van der Waals surface area contributed by atoms with Crippen LogP contribution in [0.3, 0.4) is 0 Å². The van der Waals surface area contributed by atoms with Crippen LogP contribution in [0.5, 0.6) is 0 Å². The lowest BCUT2D eigenvalue weighted by Crippen LogP contribution is -2.27. The zero-order chi connectivity index (χ0) is 15.2. The van der Waals surface area contributed by atoms with Crippen molar-refractivity contribution in [1.82, 2.24) is 0 Å². The molecular weight excluding hydrogens is 252 g/mol. The Morgan fingerprint density at radius 3 is 2.38 bits per heavy atom. The molecule has 0 spiro atoms. The molecule has 2 saturated carbocycles. The molecular formula is C21H40. The summed E-state index contributed by atoms with van der Waals surface area (Å²) in [5, 5.41) is 0. The minimum atomic E-state index is 0.875. The third-order valence-corrected chi connectivity index (χ3v) is 6.59. The van der Waals surface area contributed by atoms with Gasteiger partial charge >= 0.3 is 0 Å². The summed E-state index contributed by atoms with van der Waals surface area (Å²) < 4.78 is 0. The molecule has 0 aromatic heterocycles. The molecule has 124 valence electrons. The molecule has 5 atom stereocenters. The number of hydrogen-bond donors (Lipinski definition) is 0. The maximum absolute atomic E-state index is 2.57. The van der Waals surface area contributed by atoms with E-state index in [1.54, 1.807) is 19.3 Å². The van der Waals surface area contributed by atoms with E-state index < -0.39 is 0 Å². The Hall–Kier alpha value is 0.